The fourth-order valence-electron chi connectivity index (χ4n) is 2.30. The highest BCUT2D eigenvalue weighted by Crippen LogP contribution is 2.21. The van der Waals surface area contributed by atoms with Gasteiger partial charge in [0.1, 0.15) is 11.5 Å². The molecule has 24 heavy (non-hydrogen) atoms. The second kappa shape index (κ2) is 7.27. The summed E-state index contributed by atoms with van der Waals surface area (Å²) in [6.07, 6.45) is 0. The Labute approximate surface area is 145 Å². The van der Waals surface area contributed by atoms with E-state index in [1.807, 2.05) is 44.2 Å². The summed E-state index contributed by atoms with van der Waals surface area (Å²) in [5, 5.41) is 3.94. The van der Waals surface area contributed by atoms with Crippen LogP contribution in [0.3, 0.4) is 0 Å². The normalized spacial score (nSPS) is 10.4. The van der Waals surface area contributed by atoms with Crippen LogP contribution in [0.2, 0.25) is 0 Å². The lowest BCUT2D eigenvalue weighted by atomic mass is 10.2. The van der Waals surface area contributed by atoms with Gasteiger partial charge < -0.3 is 10.1 Å². The number of aromatic nitrogens is 1. The third-order valence-corrected chi connectivity index (χ3v) is 4.58. The van der Waals surface area contributed by atoms with E-state index in [9.17, 15) is 4.79 Å². The van der Waals surface area contributed by atoms with Gasteiger partial charge in [0, 0.05) is 10.4 Å². The summed E-state index contributed by atoms with van der Waals surface area (Å²) in [5.41, 5.74) is 1.58. The van der Waals surface area contributed by atoms with Crippen molar-refractivity contribution >= 4 is 17.2 Å². The van der Waals surface area contributed by atoms with Crippen molar-refractivity contribution in [2.24, 2.45) is 0 Å². The van der Waals surface area contributed by atoms with Crippen LogP contribution in [0.5, 0.6) is 11.5 Å². The van der Waals surface area contributed by atoms with Gasteiger partial charge in [0.25, 0.3) is 5.91 Å². The number of nitrogens with zero attached hydrogens (tertiary/aromatic N) is 1. The lowest BCUT2D eigenvalue weighted by Crippen LogP contribution is -2.22. The molecule has 1 heterocycles. The van der Waals surface area contributed by atoms with Crippen LogP contribution in [-0.4, -0.2) is 10.9 Å². The first-order valence-corrected chi connectivity index (χ1v) is 8.47. The molecule has 3 rings (SSSR count). The largest absolute Gasteiger partial charge is 0.457 e. The molecule has 0 aliphatic carbocycles. The number of hydrogen-bond acceptors (Lipinski definition) is 4. The number of hydrogen-bond donors (Lipinski definition) is 1. The van der Waals surface area contributed by atoms with Crippen molar-refractivity contribution in [1.29, 1.82) is 0 Å². The van der Waals surface area contributed by atoms with Crippen LogP contribution in [0.4, 0.5) is 0 Å². The molecule has 0 fully saturated rings. The fourth-order valence-corrected chi connectivity index (χ4v) is 3.18. The summed E-state index contributed by atoms with van der Waals surface area (Å²) >= 11 is 1.61. The summed E-state index contributed by atoms with van der Waals surface area (Å²) in [7, 11) is 0. The van der Waals surface area contributed by atoms with Gasteiger partial charge in [0.05, 0.1) is 17.2 Å². The Hall–Kier alpha value is -2.66. The van der Waals surface area contributed by atoms with E-state index >= 15 is 0 Å². The molecule has 1 amide bonds. The van der Waals surface area contributed by atoms with E-state index in [2.05, 4.69) is 10.3 Å². The van der Waals surface area contributed by atoms with Gasteiger partial charge in [-0.25, -0.2) is 4.98 Å². The van der Waals surface area contributed by atoms with Gasteiger partial charge in [0.15, 0.2) is 0 Å². The Kier molecular flexibility index (Phi) is 4.91. The zero-order valence-corrected chi connectivity index (χ0v) is 14.4. The summed E-state index contributed by atoms with van der Waals surface area (Å²) in [4.78, 5) is 17.7. The minimum absolute atomic E-state index is 0.105. The minimum atomic E-state index is -0.105. The quantitative estimate of drug-likeness (QED) is 0.746. The topological polar surface area (TPSA) is 51.2 Å². The van der Waals surface area contributed by atoms with Crippen molar-refractivity contribution in [2.75, 3.05) is 0 Å². The number of rotatable bonds is 5. The molecular formula is C19H18N2O2S. The van der Waals surface area contributed by atoms with Crippen LogP contribution in [0, 0.1) is 13.8 Å². The minimum Gasteiger partial charge on any atom is -0.457 e. The number of carbonyl (C=O) groups is 1. The average molecular weight is 338 g/mol. The number of para-hydroxylation sites is 1. The van der Waals surface area contributed by atoms with Crippen LogP contribution in [0.1, 0.15) is 25.9 Å². The molecule has 0 saturated heterocycles. The number of ether oxygens (including phenoxy) is 1. The van der Waals surface area contributed by atoms with Crippen LogP contribution in [0.15, 0.2) is 54.6 Å². The van der Waals surface area contributed by atoms with Gasteiger partial charge in [0.2, 0.25) is 0 Å². The number of carbonyl (C=O) groups excluding carboxylic acids is 1. The maximum absolute atomic E-state index is 12.2. The van der Waals surface area contributed by atoms with Gasteiger partial charge in [-0.1, -0.05) is 18.2 Å². The zero-order valence-electron chi connectivity index (χ0n) is 13.6. The molecule has 1 N–H and O–H groups in total. The maximum atomic E-state index is 12.2. The Balaban J connectivity index is 1.60. The van der Waals surface area contributed by atoms with Crippen molar-refractivity contribution in [3.63, 3.8) is 0 Å². The van der Waals surface area contributed by atoms with Crippen LogP contribution < -0.4 is 10.1 Å². The first kappa shape index (κ1) is 16.2. The SMILES string of the molecule is Cc1nc(C)c(CNC(=O)c2ccc(Oc3ccccc3)cc2)s1. The molecule has 0 bridgehead atoms. The standard InChI is InChI=1S/C19H18N2O2S/c1-13-18(24-14(2)21-13)12-20-19(22)15-8-10-17(11-9-15)23-16-6-4-3-5-7-16/h3-11H,12H2,1-2H3,(H,20,22). The van der Waals surface area contributed by atoms with E-state index in [1.54, 1.807) is 35.6 Å². The molecule has 1 aromatic heterocycles. The molecule has 2 aromatic carbocycles. The first-order valence-electron chi connectivity index (χ1n) is 7.66. The third kappa shape index (κ3) is 4.00. The number of nitrogens with one attached hydrogen (secondary N) is 1. The number of benzene rings is 2. The highest BCUT2D eigenvalue weighted by Gasteiger charge is 2.09. The Bertz CT molecular complexity index is 826. The molecule has 4 nitrogen and oxygen atoms in total. The van der Waals surface area contributed by atoms with Crippen molar-refractivity contribution in [3.8, 4) is 11.5 Å². The molecule has 0 atom stereocenters. The van der Waals surface area contributed by atoms with Crippen LogP contribution in [0.25, 0.3) is 0 Å². The molecule has 0 unspecified atom stereocenters. The smallest absolute Gasteiger partial charge is 0.251 e. The van der Waals surface area contributed by atoms with E-state index in [0.717, 1.165) is 21.3 Å². The van der Waals surface area contributed by atoms with Crippen molar-refractivity contribution in [2.45, 2.75) is 20.4 Å². The van der Waals surface area contributed by atoms with Gasteiger partial charge in [-0.15, -0.1) is 11.3 Å². The Morgan fingerprint density at radius 1 is 1.04 bits per heavy atom. The van der Waals surface area contributed by atoms with Gasteiger partial charge in [-0.3, -0.25) is 4.79 Å². The highest BCUT2D eigenvalue weighted by atomic mass is 32.1. The lowest BCUT2D eigenvalue weighted by molar-refractivity contribution is 0.0951. The van der Waals surface area contributed by atoms with E-state index < -0.39 is 0 Å². The van der Waals surface area contributed by atoms with Gasteiger partial charge >= 0.3 is 0 Å². The first-order chi connectivity index (χ1) is 11.6. The molecule has 3 aromatic rings. The summed E-state index contributed by atoms with van der Waals surface area (Å²) in [6, 6.07) is 16.7. The second-order valence-electron chi connectivity index (χ2n) is 5.36. The molecule has 0 aliphatic heterocycles. The van der Waals surface area contributed by atoms with Crippen molar-refractivity contribution in [3.05, 3.63) is 75.7 Å². The highest BCUT2D eigenvalue weighted by molar-refractivity contribution is 7.11. The van der Waals surface area contributed by atoms with E-state index in [-0.39, 0.29) is 5.91 Å². The van der Waals surface area contributed by atoms with E-state index in [0.29, 0.717) is 17.9 Å². The molecular weight excluding hydrogens is 320 g/mol. The predicted molar refractivity (Wildman–Crippen MR) is 95.7 cm³/mol. The molecule has 5 heteroatoms. The van der Waals surface area contributed by atoms with Crippen LogP contribution >= 0.6 is 11.3 Å². The van der Waals surface area contributed by atoms with Gasteiger partial charge in [-0.05, 0) is 50.2 Å². The Morgan fingerprint density at radius 3 is 2.33 bits per heavy atom. The molecule has 0 saturated carbocycles. The average Bonchev–Trinajstić information content (AvgIpc) is 2.92. The maximum Gasteiger partial charge on any atom is 0.251 e. The monoisotopic (exact) mass is 338 g/mol. The summed E-state index contributed by atoms with van der Waals surface area (Å²) in [6.45, 7) is 4.42. The number of aryl methyl sites for hydroxylation is 2. The second-order valence-corrected chi connectivity index (χ2v) is 6.65. The van der Waals surface area contributed by atoms with Crippen molar-refractivity contribution in [1.82, 2.24) is 10.3 Å². The molecule has 0 radical (unpaired) electrons. The molecule has 0 aliphatic rings. The van der Waals surface area contributed by atoms with Crippen molar-refractivity contribution < 1.29 is 9.53 Å². The van der Waals surface area contributed by atoms with E-state index in [1.165, 1.54) is 0 Å². The van der Waals surface area contributed by atoms with Crippen LogP contribution in [-0.2, 0) is 6.54 Å². The lowest BCUT2D eigenvalue weighted by Gasteiger charge is -2.07. The van der Waals surface area contributed by atoms with E-state index in [4.69, 9.17) is 4.74 Å². The van der Waals surface area contributed by atoms with Gasteiger partial charge in [-0.2, -0.15) is 0 Å². The predicted octanol–water partition coefficient (Wildman–Crippen LogP) is 4.48. The Morgan fingerprint density at radius 2 is 1.71 bits per heavy atom. The summed E-state index contributed by atoms with van der Waals surface area (Å²) < 4.78 is 5.72. The molecule has 0 spiro atoms. The third-order valence-electron chi connectivity index (χ3n) is 3.50. The zero-order chi connectivity index (χ0) is 16.9. The molecule has 122 valence electrons. The fraction of sp³-hybridized carbons (Fsp3) is 0.158. The number of amides is 1. The number of thiazole rings is 1. The summed E-state index contributed by atoms with van der Waals surface area (Å²) in [5.74, 6) is 1.36.